The molecule has 64 valence electrons. The summed E-state index contributed by atoms with van der Waals surface area (Å²) in [5, 5.41) is 26.3. The van der Waals surface area contributed by atoms with Gasteiger partial charge in [-0.15, -0.1) is 0 Å². The van der Waals surface area contributed by atoms with Crippen molar-refractivity contribution in [2.24, 2.45) is 0 Å². The van der Waals surface area contributed by atoms with Crippen molar-refractivity contribution in [3.8, 4) is 12.1 Å². The van der Waals surface area contributed by atoms with Crippen LogP contribution in [0.5, 0.6) is 0 Å². The predicted octanol–water partition coefficient (Wildman–Crippen LogP) is 1.90. The van der Waals surface area contributed by atoms with E-state index >= 15 is 0 Å². The zero-order chi connectivity index (χ0) is 9.84. The van der Waals surface area contributed by atoms with Crippen LogP contribution in [0.25, 0.3) is 5.76 Å². The van der Waals surface area contributed by atoms with E-state index in [9.17, 15) is 5.11 Å². The van der Waals surface area contributed by atoms with Crippen LogP contribution in [0.15, 0.2) is 22.3 Å². The molecular formula is C9H6N2O2. The molecule has 0 spiro atoms. The second kappa shape index (κ2) is 3.46. The number of aliphatic hydroxyl groups is 1. The Labute approximate surface area is 74.9 Å². The first-order valence-electron chi connectivity index (χ1n) is 3.48. The second-order valence-electron chi connectivity index (χ2n) is 2.38. The van der Waals surface area contributed by atoms with Crippen molar-refractivity contribution in [1.82, 2.24) is 0 Å². The van der Waals surface area contributed by atoms with Gasteiger partial charge < -0.3 is 9.52 Å². The van der Waals surface area contributed by atoms with Crippen LogP contribution in [0, 0.1) is 29.6 Å². The van der Waals surface area contributed by atoms with Crippen molar-refractivity contribution in [1.29, 1.82) is 10.5 Å². The largest absolute Gasteiger partial charge is 0.503 e. The van der Waals surface area contributed by atoms with Crippen LogP contribution in [-0.2, 0) is 0 Å². The lowest BCUT2D eigenvalue weighted by Gasteiger charge is -1.95. The van der Waals surface area contributed by atoms with Crippen molar-refractivity contribution < 1.29 is 9.52 Å². The number of nitrogens with zero attached hydrogens (tertiary/aromatic N) is 2. The Kier molecular flexibility index (Phi) is 2.37. The van der Waals surface area contributed by atoms with E-state index in [2.05, 4.69) is 0 Å². The predicted molar refractivity (Wildman–Crippen MR) is 44.2 cm³/mol. The van der Waals surface area contributed by atoms with Crippen LogP contribution in [0.4, 0.5) is 0 Å². The molecule has 4 heteroatoms. The monoisotopic (exact) mass is 174 g/mol. The smallest absolute Gasteiger partial charge is 0.187 e. The van der Waals surface area contributed by atoms with E-state index in [0.717, 1.165) is 0 Å². The molecule has 4 nitrogen and oxygen atoms in total. The summed E-state index contributed by atoms with van der Waals surface area (Å²) in [6.45, 7) is 1.71. The zero-order valence-corrected chi connectivity index (χ0v) is 6.90. The summed E-state index contributed by atoms with van der Waals surface area (Å²) >= 11 is 0. The van der Waals surface area contributed by atoms with Crippen molar-refractivity contribution in [3.63, 3.8) is 0 Å². The topological polar surface area (TPSA) is 81.0 Å². The summed E-state index contributed by atoms with van der Waals surface area (Å²) in [5.41, 5.74) is 0.332. The number of furan rings is 1. The molecule has 0 saturated carbocycles. The van der Waals surface area contributed by atoms with Crippen molar-refractivity contribution >= 4 is 5.76 Å². The summed E-state index contributed by atoms with van der Waals surface area (Å²) < 4.78 is 4.90. The maximum atomic E-state index is 9.39. The first-order valence-corrected chi connectivity index (χ1v) is 3.48. The molecule has 0 aliphatic heterocycles. The number of rotatable bonds is 1. The molecule has 0 amide bonds. The van der Waals surface area contributed by atoms with Crippen molar-refractivity contribution in [2.45, 2.75) is 6.92 Å². The molecule has 0 fully saturated rings. The summed E-state index contributed by atoms with van der Waals surface area (Å²) in [5.74, 6) is -0.245. The van der Waals surface area contributed by atoms with Crippen molar-refractivity contribution in [3.05, 3.63) is 29.2 Å². The van der Waals surface area contributed by atoms with Gasteiger partial charge in [-0.25, -0.2) is 0 Å². The Bertz CT molecular complexity index is 413. The minimum absolute atomic E-state index is 0.165. The lowest BCUT2D eigenvalue weighted by atomic mass is 10.2. The number of allylic oxidation sites excluding steroid dienone is 1. The lowest BCUT2D eigenvalue weighted by Crippen LogP contribution is -1.87. The molecular weight excluding hydrogens is 168 g/mol. The van der Waals surface area contributed by atoms with Gasteiger partial charge in [0.25, 0.3) is 0 Å². The van der Waals surface area contributed by atoms with E-state index in [1.165, 1.54) is 6.26 Å². The fourth-order valence-electron chi connectivity index (χ4n) is 0.860. The molecule has 0 bridgehead atoms. The quantitative estimate of drug-likeness (QED) is 0.520. The molecule has 0 aliphatic rings. The molecule has 1 N–H and O–H groups in total. The van der Waals surface area contributed by atoms with Gasteiger partial charge in [-0.3, -0.25) is 0 Å². The highest BCUT2D eigenvalue weighted by Crippen LogP contribution is 2.19. The highest BCUT2D eigenvalue weighted by Gasteiger charge is 2.12. The molecule has 0 unspecified atom stereocenters. The van der Waals surface area contributed by atoms with Crippen LogP contribution in [0.2, 0.25) is 0 Å². The van der Waals surface area contributed by atoms with E-state index in [-0.39, 0.29) is 11.3 Å². The third-order valence-electron chi connectivity index (χ3n) is 1.54. The third kappa shape index (κ3) is 1.52. The number of aliphatic hydroxyl groups excluding tert-OH is 1. The van der Waals surface area contributed by atoms with Gasteiger partial charge in [0.15, 0.2) is 17.1 Å². The maximum absolute atomic E-state index is 9.39. The average Bonchev–Trinajstić information content (AvgIpc) is 2.53. The molecule has 1 aromatic heterocycles. The fourth-order valence-corrected chi connectivity index (χ4v) is 0.860. The molecule has 13 heavy (non-hydrogen) atoms. The molecule has 0 saturated heterocycles. The molecule has 1 aromatic rings. The van der Waals surface area contributed by atoms with Crippen molar-refractivity contribution in [2.75, 3.05) is 0 Å². The number of aryl methyl sites for hydroxylation is 1. The number of nitriles is 2. The number of hydrogen-bond acceptors (Lipinski definition) is 4. The van der Waals surface area contributed by atoms with Gasteiger partial charge in [0.05, 0.1) is 6.26 Å². The van der Waals surface area contributed by atoms with Crippen LogP contribution in [0.1, 0.15) is 11.3 Å². The van der Waals surface area contributed by atoms with Crippen LogP contribution in [0.3, 0.4) is 0 Å². The van der Waals surface area contributed by atoms with Gasteiger partial charge in [0, 0.05) is 0 Å². The van der Waals surface area contributed by atoms with E-state index in [4.69, 9.17) is 14.9 Å². The van der Waals surface area contributed by atoms with Gasteiger partial charge in [0.2, 0.25) is 0 Å². The summed E-state index contributed by atoms with van der Waals surface area (Å²) in [6, 6.07) is 4.79. The molecule has 1 heterocycles. The van der Waals surface area contributed by atoms with E-state index < -0.39 is 5.76 Å². The molecule has 0 atom stereocenters. The van der Waals surface area contributed by atoms with Crippen LogP contribution in [-0.4, -0.2) is 5.11 Å². The van der Waals surface area contributed by atoms with Gasteiger partial charge in [0.1, 0.15) is 12.1 Å². The minimum atomic E-state index is -0.410. The minimum Gasteiger partial charge on any atom is -0.503 e. The lowest BCUT2D eigenvalue weighted by molar-refractivity contribution is 0.456. The normalized spacial score (nSPS) is 8.54. The summed E-state index contributed by atoms with van der Waals surface area (Å²) in [6.07, 6.45) is 1.38. The average molecular weight is 174 g/mol. The summed E-state index contributed by atoms with van der Waals surface area (Å²) in [7, 11) is 0. The van der Waals surface area contributed by atoms with Gasteiger partial charge >= 0.3 is 0 Å². The van der Waals surface area contributed by atoms with Crippen LogP contribution < -0.4 is 0 Å². The van der Waals surface area contributed by atoms with Gasteiger partial charge in [-0.05, 0) is 18.6 Å². The fraction of sp³-hybridized carbons (Fsp3) is 0.111. The standard InChI is InChI=1S/C9H6N2O2/c1-6-2-3-13-9(6)8(12)7(4-10)5-11/h2-3,12H,1H3. The highest BCUT2D eigenvalue weighted by atomic mass is 16.4. The SMILES string of the molecule is Cc1ccoc1C(O)=C(C#N)C#N. The van der Waals surface area contributed by atoms with Gasteiger partial charge in [-0.1, -0.05) is 0 Å². The Morgan fingerprint density at radius 3 is 2.46 bits per heavy atom. The molecule has 0 aliphatic carbocycles. The first kappa shape index (κ1) is 8.89. The van der Waals surface area contributed by atoms with E-state index in [1.807, 2.05) is 0 Å². The number of hydrogen-bond donors (Lipinski definition) is 1. The van der Waals surface area contributed by atoms with E-state index in [1.54, 1.807) is 25.1 Å². The van der Waals surface area contributed by atoms with E-state index in [0.29, 0.717) is 5.56 Å². The van der Waals surface area contributed by atoms with Crippen LogP contribution >= 0.6 is 0 Å². The molecule has 0 radical (unpaired) electrons. The Balaban J connectivity index is 3.28. The highest BCUT2D eigenvalue weighted by molar-refractivity contribution is 5.67. The summed E-state index contributed by atoms with van der Waals surface area (Å²) in [4.78, 5) is 0. The zero-order valence-electron chi connectivity index (χ0n) is 6.90. The molecule has 0 aromatic carbocycles. The Morgan fingerprint density at radius 1 is 1.46 bits per heavy atom. The first-order chi connectivity index (χ1) is 6.20. The van der Waals surface area contributed by atoms with Gasteiger partial charge in [-0.2, -0.15) is 10.5 Å². The second-order valence-corrected chi connectivity index (χ2v) is 2.38. The molecule has 1 rings (SSSR count). The maximum Gasteiger partial charge on any atom is 0.187 e. The third-order valence-corrected chi connectivity index (χ3v) is 1.54. The Morgan fingerprint density at radius 2 is 2.08 bits per heavy atom. The Hall–Kier alpha value is -2.20.